The van der Waals surface area contributed by atoms with Crippen LogP contribution in [0.25, 0.3) is 0 Å². The van der Waals surface area contributed by atoms with Gasteiger partial charge in [-0.15, -0.1) is 6.58 Å². The Kier molecular flexibility index (Phi) is 11.2. The molecule has 0 aliphatic heterocycles. The molecule has 21 heavy (non-hydrogen) atoms. The van der Waals surface area contributed by atoms with Gasteiger partial charge in [-0.3, -0.25) is 4.79 Å². The largest absolute Gasteiger partial charge is 0.480 e. The van der Waals surface area contributed by atoms with Gasteiger partial charge in [-0.1, -0.05) is 6.08 Å². The minimum absolute atomic E-state index is 0.185. The molecule has 0 fully saturated rings. The molecule has 1 N–H and O–H groups in total. The van der Waals surface area contributed by atoms with Crippen molar-refractivity contribution in [3.8, 4) is 0 Å². The summed E-state index contributed by atoms with van der Waals surface area (Å²) in [6.45, 7) is 9.87. The van der Waals surface area contributed by atoms with E-state index < -0.39 is 5.97 Å². The minimum atomic E-state index is -1.06. The van der Waals surface area contributed by atoms with Crippen LogP contribution in [-0.2, 0) is 14.3 Å². The van der Waals surface area contributed by atoms with E-state index in [9.17, 15) is 9.59 Å². The molecule has 0 saturated heterocycles. The lowest BCUT2D eigenvalue weighted by atomic mass is 10.4. The van der Waals surface area contributed by atoms with Crippen molar-refractivity contribution < 1.29 is 24.2 Å². The fourth-order valence-electron chi connectivity index (χ4n) is 1.67. The monoisotopic (exact) mass is 302 g/mol. The predicted octanol–water partition coefficient (Wildman–Crippen LogP) is 1.05. The van der Waals surface area contributed by atoms with Gasteiger partial charge in [0, 0.05) is 32.8 Å². The number of hydrogen-bond acceptors (Lipinski definition) is 4. The Morgan fingerprint density at radius 2 is 1.62 bits per heavy atom. The highest BCUT2D eigenvalue weighted by Gasteiger charge is 2.21. The summed E-state index contributed by atoms with van der Waals surface area (Å²) in [6.07, 6.45) is 1.50. The maximum Gasteiger partial charge on any atom is 0.323 e. The van der Waals surface area contributed by atoms with Crippen LogP contribution in [0.15, 0.2) is 12.7 Å². The third-order valence-electron chi connectivity index (χ3n) is 2.64. The molecule has 0 spiro atoms. The molecule has 0 aliphatic carbocycles. The van der Waals surface area contributed by atoms with Gasteiger partial charge in [0.1, 0.15) is 6.54 Å². The van der Waals surface area contributed by atoms with Gasteiger partial charge in [0.05, 0.1) is 13.2 Å². The van der Waals surface area contributed by atoms with Crippen molar-refractivity contribution in [2.24, 2.45) is 0 Å². The molecular formula is C14H26N2O5. The number of carbonyl (C=O) groups excluding carboxylic acids is 1. The van der Waals surface area contributed by atoms with Crippen LogP contribution in [0.4, 0.5) is 4.79 Å². The molecule has 0 saturated carbocycles. The van der Waals surface area contributed by atoms with E-state index in [1.807, 2.05) is 13.8 Å². The van der Waals surface area contributed by atoms with Crippen LogP contribution in [0.5, 0.6) is 0 Å². The van der Waals surface area contributed by atoms with Gasteiger partial charge in [0.25, 0.3) is 0 Å². The number of carboxylic acids is 1. The van der Waals surface area contributed by atoms with Crippen molar-refractivity contribution in [2.45, 2.75) is 13.8 Å². The number of hydrogen-bond donors (Lipinski definition) is 1. The Bertz CT molecular complexity index is 312. The SMILES string of the molecule is C=CCN(CC(=O)O)C(=O)N(CCOCC)CCOCC. The maximum absolute atomic E-state index is 12.4. The zero-order valence-corrected chi connectivity index (χ0v) is 12.9. The summed E-state index contributed by atoms with van der Waals surface area (Å²) in [6, 6.07) is -0.350. The number of ether oxygens (including phenoxy) is 2. The first kappa shape index (κ1) is 19.4. The molecule has 0 bridgehead atoms. The van der Waals surface area contributed by atoms with Crippen molar-refractivity contribution in [1.82, 2.24) is 9.80 Å². The van der Waals surface area contributed by atoms with Crippen LogP contribution in [0.3, 0.4) is 0 Å². The number of carbonyl (C=O) groups is 2. The summed E-state index contributed by atoms with van der Waals surface area (Å²) in [5.74, 6) is -1.06. The maximum atomic E-state index is 12.4. The highest BCUT2D eigenvalue weighted by Crippen LogP contribution is 2.01. The van der Waals surface area contributed by atoms with E-state index in [4.69, 9.17) is 14.6 Å². The molecule has 2 amide bonds. The minimum Gasteiger partial charge on any atom is -0.480 e. The summed E-state index contributed by atoms with van der Waals surface area (Å²) in [5, 5.41) is 8.87. The first-order valence-electron chi connectivity index (χ1n) is 7.08. The zero-order chi connectivity index (χ0) is 16.1. The van der Waals surface area contributed by atoms with Gasteiger partial charge < -0.3 is 24.4 Å². The van der Waals surface area contributed by atoms with Gasteiger partial charge in [0.2, 0.25) is 0 Å². The van der Waals surface area contributed by atoms with Gasteiger partial charge >= 0.3 is 12.0 Å². The van der Waals surface area contributed by atoms with E-state index in [2.05, 4.69) is 6.58 Å². The number of nitrogens with zero attached hydrogens (tertiary/aromatic N) is 2. The molecule has 0 heterocycles. The molecule has 122 valence electrons. The van der Waals surface area contributed by atoms with Crippen molar-refractivity contribution in [2.75, 3.05) is 52.6 Å². The van der Waals surface area contributed by atoms with Crippen LogP contribution in [0.1, 0.15) is 13.8 Å². The standard InChI is InChI=1S/C14H26N2O5/c1-4-7-16(12-13(17)18)14(19)15(8-10-20-5-2)9-11-21-6-3/h4H,1,5-12H2,2-3H3,(H,17,18). The molecule has 0 aliphatic rings. The first-order valence-corrected chi connectivity index (χ1v) is 7.08. The Hall–Kier alpha value is -1.60. The fourth-order valence-corrected chi connectivity index (χ4v) is 1.67. The van der Waals surface area contributed by atoms with Crippen molar-refractivity contribution >= 4 is 12.0 Å². The highest BCUT2D eigenvalue weighted by molar-refractivity contribution is 5.80. The normalized spacial score (nSPS) is 10.2. The fraction of sp³-hybridized carbons (Fsp3) is 0.714. The molecule has 0 rings (SSSR count). The van der Waals surface area contributed by atoms with Crippen LogP contribution < -0.4 is 0 Å². The number of rotatable bonds is 12. The number of amides is 2. The lowest BCUT2D eigenvalue weighted by molar-refractivity contribution is -0.137. The molecule has 0 aromatic carbocycles. The smallest absolute Gasteiger partial charge is 0.323 e. The molecule has 0 aromatic heterocycles. The van der Waals surface area contributed by atoms with E-state index >= 15 is 0 Å². The Morgan fingerprint density at radius 1 is 1.10 bits per heavy atom. The summed E-state index contributed by atoms with van der Waals surface area (Å²) in [7, 11) is 0. The predicted molar refractivity (Wildman–Crippen MR) is 79.4 cm³/mol. The summed E-state index contributed by atoms with van der Waals surface area (Å²) >= 11 is 0. The lowest BCUT2D eigenvalue weighted by Crippen LogP contribution is -2.47. The summed E-state index contributed by atoms with van der Waals surface area (Å²) in [4.78, 5) is 26.0. The lowest BCUT2D eigenvalue weighted by Gasteiger charge is -2.29. The number of urea groups is 1. The second-order valence-electron chi connectivity index (χ2n) is 4.23. The van der Waals surface area contributed by atoms with E-state index in [1.54, 1.807) is 0 Å². The highest BCUT2D eigenvalue weighted by atomic mass is 16.5. The molecule has 7 nitrogen and oxygen atoms in total. The Labute approximate surface area is 126 Å². The van der Waals surface area contributed by atoms with E-state index in [0.717, 1.165) is 0 Å². The summed E-state index contributed by atoms with van der Waals surface area (Å²) < 4.78 is 10.5. The molecule has 0 radical (unpaired) electrons. The van der Waals surface area contributed by atoms with Crippen molar-refractivity contribution in [1.29, 1.82) is 0 Å². The molecule has 0 aromatic rings. The molecule has 0 unspecified atom stereocenters. The van der Waals surface area contributed by atoms with Crippen molar-refractivity contribution in [3.05, 3.63) is 12.7 Å². The number of carboxylic acid groups (broad SMARTS) is 1. The van der Waals surface area contributed by atoms with E-state index in [-0.39, 0.29) is 19.1 Å². The summed E-state index contributed by atoms with van der Waals surface area (Å²) in [5.41, 5.74) is 0. The Morgan fingerprint density at radius 3 is 2.00 bits per heavy atom. The number of aliphatic carboxylic acids is 1. The van der Waals surface area contributed by atoms with Crippen LogP contribution in [-0.4, -0.2) is 79.5 Å². The van der Waals surface area contributed by atoms with Gasteiger partial charge in [0.15, 0.2) is 0 Å². The molecule has 0 atom stereocenters. The average molecular weight is 302 g/mol. The third-order valence-corrected chi connectivity index (χ3v) is 2.64. The van der Waals surface area contributed by atoms with Crippen LogP contribution in [0.2, 0.25) is 0 Å². The first-order chi connectivity index (χ1) is 10.1. The Balaban J connectivity index is 4.66. The van der Waals surface area contributed by atoms with Gasteiger partial charge in [-0.25, -0.2) is 4.79 Å². The quantitative estimate of drug-likeness (QED) is 0.431. The van der Waals surface area contributed by atoms with Crippen LogP contribution in [0, 0.1) is 0 Å². The molecule has 7 heteroatoms. The van der Waals surface area contributed by atoms with E-state index in [1.165, 1.54) is 15.9 Å². The van der Waals surface area contributed by atoms with E-state index in [0.29, 0.717) is 39.5 Å². The average Bonchev–Trinajstić information content (AvgIpc) is 2.44. The van der Waals surface area contributed by atoms with Crippen molar-refractivity contribution in [3.63, 3.8) is 0 Å². The second-order valence-corrected chi connectivity index (χ2v) is 4.23. The van der Waals surface area contributed by atoms with Crippen LogP contribution >= 0.6 is 0 Å². The molecular weight excluding hydrogens is 276 g/mol. The second kappa shape index (κ2) is 12.2. The van der Waals surface area contributed by atoms with Gasteiger partial charge in [-0.05, 0) is 13.8 Å². The van der Waals surface area contributed by atoms with Gasteiger partial charge in [-0.2, -0.15) is 0 Å². The topological polar surface area (TPSA) is 79.3 Å². The third kappa shape index (κ3) is 9.04. The zero-order valence-electron chi connectivity index (χ0n) is 12.9.